The van der Waals surface area contributed by atoms with E-state index in [1.165, 1.54) is 0 Å². The number of rotatable bonds is 9. The van der Waals surface area contributed by atoms with Gasteiger partial charge in [0.2, 0.25) is 17.7 Å². The summed E-state index contributed by atoms with van der Waals surface area (Å²) in [4.78, 5) is 43.5. The molecular formula is C29H35N3O4S. The summed E-state index contributed by atoms with van der Waals surface area (Å²) in [5.41, 5.74) is 1.46. The van der Waals surface area contributed by atoms with Crippen LogP contribution in [0.1, 0.15) is 51.1 Å². The lowest BCUT2D eigenvalue weighted by Gasteiger charge is -2.37. The quantitative estimate of drug-likeness (QED) is 0.437. The lowest BCUT2D eigenvalue weighted by atomic mass is 9.66. The SMILES string of the molecule is CCCCNC(=O)C1N([C@H](CO)c2ccccc2)C(=O)[C@@H]2[C@H](C(=O)Nc3ccccc3)[C@]3(C)CCC12S3. The molecule has 3 heterocycles. The van der Waals surface area contributed by atoms with Gasteiger partial charge in [0.05, 0.1) is 29.2 Å². The molecule has 7 nitrogen and oxygen atoms in total. The number of fused-ring (bicyclic) bond motifs is 1. The smallest absolute Gasteiger partial charge is 0.244 e. The molecule has 3 N–H and O–H groups in total. The van der Waals surface area contributed by atoms with Gasteiger partial charge in [-0.3, -0.25) is 14.4 Å². The predicted molar refractivity (Wildman–Crippen MR) is 145 cm³/mol. The van der Waals surface area contributed by atoms with Gasteiger partial charge in [-0.25, -0.2) is 0 Å². The van der Waals surface area contributed by atoms with Crippen LogP contribution in [-0.2, 0) is 14.4 Å². The van der Waals surface area contributed by atoms with Crippen molar-refractivity contribution in [3.8, 4) is 0 Å². The van der Waals surface area contributed by atoms with Crippen LogP contribution in [0.3, 0.4) is 0 Å². The van der Waals surface area contributed by atoms with E-state index >= 15 is 0 Å². The van der Waals surface area contributed by atoms with E-state index in [0.717, 1.165) is 24.8 Å². The molecular weight excluding hydrogens is 486 g/mol. The molecule has 2 bridgehead atoms. The molecule has 3 aliphatic heterocycles. The number of nitrogens with zero attached hydrogens (tertiary/aromatic N) is 1. The molecule has 3 aliphatic rings. The first-order valence-electron chi connectivity index (χ1n) is 13.2. The summed E-state index contributed by atoms with van der Waals surface area (Å²) in [6.07, 6.45) is 3.21. The number of benzene rings is 2. The maximum absolute atomic E-state index is 14.3. The Morgan fingerprint density at radius 1 is 1.08 bits per heavy atom. The minimum Gasteiger partial charge on any atom is -0.394 e. The van der Waals surface area contributed by atoms with Crippen molar-refractivity contribution in [1.82, 2.24) is 10.2 Å². The van der Waals surface area contributed by atoms with Crippen molar-refractivity contribution in [2.24, 2.45) is 11.8 Å². The lowest BCUT2D eigenvalue weighted by Crippen LogP contribution is -2.54. The fraction of sp³-hybridized carbons (Fsp3) is 0.483. The van der Waals surface area contributed by atoms with Crippen molar-refractivity contribution in [3.05, 3.63) is 66.2 Å². The summed E-state index contributed by atoms with van der Waals surface area (Å²) in [5.74, 6) is -1.82. The third-order valence-corrected chi connectivity index (χ3v) is 10.3. The van der Waals surface area contributed by atoms with E-state index in [-0.39, 0.29) is 24.3 Å². The minimum atomic E-state index is -0.763. The molecule has 2 unspecified atom stereocenters. The lowest BCUT2D eigenvalue weighted by molar-refractivity contribution is -0.142. The van der Waals surface area contributed by atoms with Crippen molar-refractivity contribution in [3.63, 3.8) is 0 Å². The maximum atomic E-state index is 14.3. The molecule has 5 rings (SSSR count). The van der Waals surface area contributed by atoms with Crippen LogP contribution in [0.15, 0.2) is 60.7 Å². The number of carbonyl (C=O) groups excluding carboxylic acids is 3. The molecule has 196 valence electrons. The summed E-state index contributed by atoms with van der Waals surface area (Å²) >= 11 is 1.64. The standard InChI is InChI=1S/C29H35N3O4S/c1-3-4-17-30-26(35)24-29-16-15-28(2,37-29)22(25(34)31-20-13-9-6-10-14-20)23(29)27(36)32(24)21(18-33)19-11-7-5-8-12-19/h5-14,21-24,33H,3-4,15-18H2,1-2H3,(H,30,35)(H,31,34)/t21-,22-,23+,24?,28+,29?/m1/s1. The summed E-state index contributed by atoms with van der Waals surface area (Å²) < 4.78 is -1.17. The average molecular weight is 522 g/mol. The van der Waals surface area contributed by atoms with Crippen molar-refractivity contribution < 1.29 is 19.5 Å². The van der Waals surface area contributed by atoms with Gasteiger partial charge in [0, 0.05) is 17.0 Å². The first kappa shape index (κ1) is 25.8. The Hall–Kier alpha value is -2.84. The van der Waals surface area contributed by atoms with Crippen molar-refractivity contribution >= 4 is 35.2 Å². The third kappa shape index (κ3) is 4.24. The zero-order valence-electron chi connectivity index (χ0n) is 21.4. The van der Waals surface area contributed by atoms with Crippen molar-refractivity contribution in [2.75, 3.05) is 18.5 Å². The normalized spacial score (nSPS) is 30.7. The number of aliphatic hydroxyl groups excluding tert-OH is 1. The molecule has 0 radical (unpaired) electrons. The molecule has 8 heteroatoms. The predicted octanol–water partition coefficient (Wildman–Crippen LogP) is 3.76. The Morgan fingerprint density at radius 3 is 2.41 bits per heavy atom. The van der Waals surface area contributed by atoms with Gasteiger partial charge >= 0.3 is 0 Å². The Morgan fingerprint density at radius 2 is 1.76 bits per heavy atom. The van der Waals surface area contributed by atoms with Crippen LogP contribution >= 0.6 is 11.8 Å². The highest BCUT2D eigenvalue weighted by Gasteiger charge is 2.77. The van der Waals surface area contributed by atoms with E-state index in [0.29, 0.717) is 18.7 Å². The average Bonchev–Trinajstić information content (AvgIpc) is 3.47. The number of amides is 3. The zero-order chi connectivity index (χ0) is 26.2. The monoisotopic (exact) mass is 521 g/mol. The van der Waals surface area contributed by atoms with E-state index in [1.807, 2.05) is 60.7 Å². The molecule has 0 aromatic heterocycles. The van der Waals surface area contributed by atoms with E-state index in [1.54, 1.807) is 16.7 Å². The number of thioether (sulfide) groups is 1. The Labute approximate surface area is 222 Å². The number of hydrogen-bond donors (Lipinski definition) is 3. The number of para-hydroxylation sites is 1. The second kappa shape index (κ2) is 10.1. The molecule has 2 aromatic carbocycles. The van der Waals surface area contributed by atoms with E-state index in [2.05, 4.69) is 24.5 Å². The van der Waals surface area contributed by atoms with Crippen LogP contribution in [0.25, 0.3) is 0 Å². The fourth-order valence-corrected chi connectivity index (χ4v) is 9.00. The molecule has 6 atom stereocenters. The highest BCUT2D eigenvalue weighted by molar-refractivity contribution is 8.02. The number of nitrogens with one attached hydrogen (secondary N) is 2. The van der Waals surface area contributed by atoms with Crippen LogP contribution in [0.2, 0.25) is 0 Å². The molecule has 0 saturated carbocycles. The number of hydrogen-bond acceptors (Lipinski definition) is 5. The second-order valence-electron chi connectivity index (χ2n) is 10.6. The van der Waals surface area contributed by atoms with Gasteiger partial charge in [-0.15, -0.1) is 11.8 Å². The van der Waals surface area contributed by atoms with Crippen molar-refractivity contribution in [2.45, 2.75) is 61.1 Å². The van der Waals surface area contributed by atoms with E-state index in [4.69, 9.17) is 0 Å². The van der Waals surface area contributed by atoms with Gasteiger partial charge in [-0.1, -0.05) is 61.9 Å². The molecule has 0 aliphatic carbocycles. The summed E-state index contributed by atoms with van der Waals surface area (Å²) in [6, 6.07) is 17.2. The maximum Gasteiger partial charge on any atom is 0.244 e. The highest BCUT2D eigenvalue weighted by atomic mass is 32.2. The van der Waals surface area contributed by atoms with Crippen molar-refractivity contribution in [1.29, 1.82) is 0 Å². The van der Waals surface area contributed by atoms with Crippen LogP contribution in [0.5, 0.6) is 0 Å². The van der Waals surface area contributed by atoms with Crippen LogP contribution in [0, 0.1) is 11.8 Å². The van der Waals surface area contributed by atoms with E-state index in [9.17, 15) is 19.5 Å². The zero-order valence-corrected chi connectivity index (χ0v) is 22.2. The summed E-state index contributed by atoms with van der Waals surface area (Å²) in [6.45, 7) is 4.35. The van der Waals surface area contributed by atoms with Crippen LogP contribution in [0.4, 0.5) is 5.69 Å². The second-order valence-corrected chi connectivity index (χ2v) is 12.5. The highest BCUT2D eigenvalue weighted by Crippen LogP contribution is 2.72. The Bertz CT molecular complexity index is 1160. The van der Waals surface area contributed by atoms with Crippen LogP contribution < -0.4 is 10.6 Å². The minimum absolute atomic E-state index is 0.187. The van der Waals surface area contributed by atoms with Gasteiger partial charge in [0.15, 0.2) is 0 Å². The van der Waals surface area contributed by atoms with Crippen LogP contribution in [-0.4, -0.2) is 56.4 Å². The third-order valence-electron chi connectivity index (χ3n) is 8.31. The van der Waals surface area contributed by atoms with Gasteiger partial charge in [-0.05, 0) is 43.9 Å². The van der Waals surface area contributed by atoms with Gasteiger partial charge in [-0.2, -0.15) is 0 Å². The number of anilines is 1. The topological polar surface area (TPSA) is 98.7 Å². The van der Waals surface area contributed by atoms with Gasteiger partial charge in [0.25, 0.3) is 0 Å². The number of aliphatic hydroxyl groups is 1. The van der Waals surface area contributed by atoms with E-state index < -0.39 is 33.4 Å². The fourth-order valence-electron chi connectivity index (χ4n) is 6.66. The largest absolute Gasteiger partial charge is 0.394 e. The first-order chi connectivity index (χ1) is 17.9. The molecule has 3 saturated heterocycles. The Balaban J connectivity index is 1.55. The molecule has 37 heavy (non-hydrogen) atoms. The molecule has 3 amide bonds. The Kier molecular flexibility index (Phi) is 7.07. The first-order valence-corrected chi connectivity index (χ1v) is 14.0. The molecule has 2 aromatic rings. The number of unbranched alkanes of at least 4 members (excludes halogenated alkanes) is 1. The van der Waals surface area contributed by atoms with Gasteiger partial charge in [0.1, 0.15) is 6.04 Å². The summed E-state index contributed by atoms with van der Waals surface area (Å²) in [7, 11) is 0. The summed E-state index contributed by atoms with van der Waals surface area (Å²) in [5, 5.41) is 16.6. The van der Waals surface area contributed by atoms with Gasteiger partial charge < -0.3 is 20.6 Å². The number of likely N-dealkylation sites (tertiary alicyclic amines) is 1. The number of carbonyl (C=O) groups is 3. The molecule has 3 fully saturated rings. The molecule has 1 spiro atoms.